The Morgan fingerprint density at radius 3 is 2.06 bits per heavy atom. The fourth-order valence-corrected chi connectivity index (χ4v) is 11.8. The van der Waals surface area contributed by atoms with Crippen LogP contribution in [0.3, 0.4) is 0 Å². The standard InChI is InChI=1S/C58H78N10O20S2/c1-30-28-68-48(49(30)75)54(80)60-27-36(70)25-39(61-50(76)33-10-12-34(13-11-33)55-65-66-56(89-55)35-14-16-38(17-15-35)85-22-8-6-4-5-7-21-84-3)51(77)62-45(31(2)69)57(81)67-29-37(71)26-40(67)52(78)63-46(53(79)64-47(58(68)82)42(73)19-20-59)43(74)23-32-9-18-41(72)44(24-32)86-90-88-87-83/h9-18,24,30-31,36-37,39-40,42-43,45-49,69-75,83H,4-8,19-23,25-29,59H2,1-3H3,(H,60,80)(H,61,76)(H,62,77)(H,63,78)(H,64,79)/t30?,31?,36-,37?,39-,40?,42+,43+,45?,46?,47-,48?,49-/m0/s1. The second-order valence-electron chi connectivity index (χ2n) is 22.3. The Hall–Kier alpha value is -7.18. The molecule has 0 saturated carbocycles. The van der Waals surface area contributed by atoms with Crippen LogP contribution in [0.2, 0.25) is 0 Å². The summed E-state index contributed by atoms with van der Waals surface area (Å²) in [6.45, 7) is 2.20. The molecule has 90 heavy (non-hydrogen) atoms. The van der Waals surface area contributed by atoms with Gasteiger partial charge in [0.25, 0.3) is 18.2 Å². The van der Waals surface area contributed by atoms with E-state index in [1.807, 2.05) is 24.3 Å². The first-order chi connectivity index (χ1) is 43.1. The number of unbranched alkanes of at least 4 members (excludes halogenated alkanes) is 4. The van der Waals surface area contributed by atoms with Gasteiger partial charge in [0.15, 0.2) is 11.5 Å². The molecular formula is C58H78N10O20S2. The molecule has 30 nitrogen and oxygen atoms in total. The highest BCUT2D eigenvalue weighted by molar-refractivity contribution is 7.90. The first-order valence-electron chi connectivity index (χ1n) is 29.3. The van der Waals surface area contributed by atoms with Crippen molar-refractivity contribution >= 4 is 65.0 Å². The third-order valence-corrected chi connectivity index (χ3v) is 16.9. The molecule has 15 N–H and O–H groups in total. The lowest BCUT2D eigenvalue weighted by Crippen LogP contribution is -2.64. The second-order valence-corrected chi connectivity index (χ2v) is 23.7. The predicted octanol–water partition coefficient (Wildman–Crippen LogP) is -0.786. The zero-order valence-electron chi connectivity index (χ0n) is 49.6. The molecule has 3 aliphatic heterocycles. The molecule has 3 saturated heterocycles. The minimum absolute atomic E-state index is 0.0207. The number of carbonyl (C=O) groups is 7. The van der Waals surface area contributed by atoms with Crippen LogP contribution < -0.4 is 41.2 Å². The zero-order chi connectivity index (χ0) is 65.2. The van der Waals surface area contributed by atoms with E-state index in [0.29, 0.717) is 22.2 Å². The number of rotatable bonds is 24. The van der Waals surface area contributed by atoms with Crippen LogP contribution in [0.15, 0.2) is 66.7 Å². The van der Waals surface area contributed by atoms with Gasteiger partial charge in [-0.3, -0.25) is 33.6 Å². The summed E-state index contributed by atoms with van der Waals surface area (Å²) in [7, 11) is 1.70. The largest absolute Gasteiger partial charge is 0.504 e. The van der Waals surface area contributed by atoms with Crippen molar-refractivity contribution in [1.29, 1.82) is 0 Å². The highest BCUT2D eigenvalue weighted by Crippen LogP contribution is 2.33. The van der Waals surface area contributed by atoms with Gasteiger partial charge in [-0.05, 0) is 86.8 Å². The minimum Gasteiger partial charge on any atom is -0.504 e. The molecule has 32 heteroatoms. The Bertz CT molecular complexity index is 3060. The van der Waals surface area contributed by atoms with Crippen LogP contribution in [0.1, 0.15) is 81.1 Å². The van der Waals surface area contributed by atoms with E-state index in [2.05, 4.69) is 46.2 Å². The number of nitrogens with two attached hydrogens (primary N) is 1. The Morgan fingerprint density at radius 1 is 0.767 bits per heavy atom. The van der Waals surface area contributed by atoms with Crippen molar-refractivity contribution in [3.63, 3.8) is 0 Å². The molecule has 3 aliphatic rings. The molecule has 7 rings (SSSR count). The van der Waals surface area contributed by atoms with Crippen molar-refractivity contribution in [3.05, 3.63) is 77.9 Å². The Balaban J connectivity index is 1.14. The number of hydrogen-bond donors (Lipinski definition) is 14. The lowest BCUT2D eigenvalue weighted by molar-refractivity contribution is -0.433. The van der Waals surface area contributed by atoms with Gasteiger partial charge in [0.05, 0.1) is 43.2 Å². The maximum absolute atomic E-state index is 14.7. The summed E-state index contributed by atoms with van der Waals surface area (Å²) in [6.07, 6.45) is -7.00. The minimum atomic E-state index is -2.11. The summed E-state index contributed by atoms with van der Waals surface area (Å²) in [5, 5.41) is 113. The van der Waals surface area contributed by atoms with E-state index in [-0.39, 0.29) is 48.7 Å². The van der Waals surface area contributed by atoms with E-state index in [1.165, 1.54) is 42.5 Å². The maximum Gasteiger partial charge on any atom is 0.261 e. The zero-order valence-corrected chi connectivity index (χ0v) is 51.3. The molecule has 0 radical (unpaired) electrons. The molecular weight excluding hydrogens is 1220 g/mol. The third-order valence-electron chi connectivity index (χ3n) is 15.5. The lowest BCUT2D eigenvalue weighted by atomic mass is 9.98. The highest BCUT2D eigenvalue weighted by atomic mass is 32.2. The van der Waals surface area contributed by atoms with Gasteiger partial charge in [-0.2, -0.15) is 0 Å². The van der Waals surface area contributed by atoms with Gasteiger partial charge >= 0.3 is 0 Å². The maximum atomic E-state index is 14.7. The van der Waals surface area contributed by atoms with E-state index >= 15 is 0 Å². The summed E-state index contributed by atoms with van der Waals surface area (Å²) in [4.78, 5) is 103. The topological polar surface area (TPSA) is 446 Å². The van der Waals surface area contributed by atoms with E-state index < -0.39 is 158 Å². The first-order valence-corrected chi connectivity index (χ1v) is 30.8. The van der Waals surface area contributed by atoms with Gasteiger partial charge in [-0.1, -0.05) is 65.1 Å². The van der Waals surface area contributed by atoms with Crippen molar-refractivity contribution in [1.82, 2.24) is 46.6 Å². The highest BCUT2D eigenvalue weighted by Gasteiger charge is 2.50. The number of benzene rings is 3. The molecule has 3 fully saturated rings. The number of aromatic nitrogens is 2. The number of aliphatic hydroxyl groups is 6. The normalized spacial score (nSPS) is 25.0. The molecule has 7 amide bonds. The molecule has 0 aliphatic carbocycles. The average Bonchev–Trinajstić information content (AvgIpc) is 1.79. The van der Waals surface area contributed by atoms with Crippen molar-refractivity contribution < 1.29 is 97.6 Å². The van der Waals surface area contributed by atoms with E-state index in [0.717, 1.165) is 72.8 Å². The summed E-state index contributed by atoms with van der Waals surface area (Å²) in [6, 6.07) is 6.02. The molecule has 0 bridgehead atoms. The number of phenolic OH excluding ortho intramolecular Hbond substituents is 1. The fourth-order valence-electron chi connectivity index (χ4n) is 10.7. The van der Waals surface area contributed by atoms with E-state index in [4.69, 9.17) is 24.6 Å². The number of nitrogens with zero attached hydrogens (tertiary/aromatic N) is 4. The van der Waals surface area contributed by atoms with Crippen LogP contribution in [0.5, 0.6) is 17.2 Å². The van der Waals surface area contributed by atoms with Crippen LogP contribution in [0, 0.1) is 5.92 Å². The number of aromatic hydroxyl groups is 1. The summed E-state index contributed by atoms with van der Waals surface area (Å²) >= 11 is 1.38. The molecule has 0 spiro atoms. The first kappa shape index (κ1) is 70.3. The fraction of sp³-hybridized carbons (Fsp3) is 0.534. The number of amides is 7. The van der Waals surface area contributed by atoms with Crippen LogP contribution in [0.25, 0.3) is 21.1 Å². The number of carbonyl (C=O) groups excluding carboxylic acids is 7. The molecule has 3 aromatic carbocycles. The molecule has 7 unspecified atom stereocenters. The number of nitrogens with one attached hydrogen (secondary N) is 5. The number of fused-ring (bicyclic) bond motifs is 2. The van der Waals surface area contributed by atoms with Gasteiger partial charge in [0, 0.05) is 75.2 Å². The average molecular weight is 1300 g/mol. The van der Waals surface area contributed by atoms with Crippen molar-refractivity contribution in [3.8, 4) is 38.4 Å². The van der Waals surface area contributed by atoms with Gasteiger partial charge in [0.1, 0.15) is 52.0 Å². The van der Waals surface area contributed by atoms with Crippen LogP contribution in [-0.4, -0.2) is 222 Å². The van der Waals surface area contributed by atoms with Gasteiger partial charge in [0.2, 0.25) is 35.4 Å². The Kier molecular flexibility index (Phi) is 26.4. The smallest absolute Gasteiger partial charge is 0.261 e. The Labute approximate surface area is 526 Å². The molecule has 1 aromatic heterocycles. The van der Waals surface area contributed by atoms with E-state index in [9.17, 15) is 69.3 Å². The number of phenols is 1. The van der Waals surface area contributed by atoms with Crippen molar-refractivity contribution in [2.45, 2.75) is 145 Å². The molecule has 492 valence electrons. The van der Waals surface area contributed by atoms with Crippen molar-refractivity contribution in [2.75, 3.05) is 46.5 Å². The number of hydrogen-bond acceptors (Lipinski definition) is 25. The number of β-amino-alcohol motifs (C(OH)–C–C–N with tert-alkyl or cyclic N) is 1. The van der Waals surface area contributed by atoms with Crippen LogP contribution >= 0.6 is 23.7 Å². The van der Waals surface area contributed by atoms with Gasteiger partial charge in [-0.25, -0.2) is 5.26 Å². The number of methoxy groups -OCH3 is 1. The van der Waals surface area contributed by atoms with Gasteiger partial charge in [-0.15, -0.1) is 10.2 Å². The van der Waals surface area contributed by atoms with Crippen LogP contribution in [0.4, 0.5) is 0 Å². The summed E-state index contributed by atoms with van der Waals surface area (Å²) < 4.78 is 20.4. The molecule has 4 heterocycles. The van der Waals surface area contributed by atoms with Gasteiger partial charge < -0.3 is 91.5 Å². The SMILES string of the molecule is COCCCCCCCOc1ccc(-c2nnc(-c3ccc(C(=O)N[C@H]4C[C@H](O)CNC(=O)C5[C@@H](O)C(C)CN5C(=O)[C@H]([C@H](O)CCN)NC(=O)C([C@H](O)Cc5ccc(O)c(OSOOO)c5)NC(=O)C5CC(O)CN5C(=O)C(C(C)O)NC4=O)cc3)s2)cc1. The van der Waals surface area contributed by atoms with E-state index in [1.54, 1.807) is 19.2 Å². The Morgan fingerprint density at radius 2 is 1.40 bits per heavy atom. The lowest BCUT2D eigenvalue weighted by Gasteiger charge is -2.34. The second kappa shape index (κ2) is 33.8. The summed E-state index contributed by atoms with van der Waals surface area (Å²) in [5.74, 6) is -8.61. The van der Waals surface area contributed by atoms with Crippen LogP contribution in [-0.2, 0) is 49.3 Å². The van der Waals surface area contributed by atoms with Crippen molar-refractivity contribution in [2.24, 2.45) is 11.7 Å². The number of ether oxygens (including phenoxy) is 2. The number of aliphatic hydroxyl groups excluding tert-OH is 6. The predicted molar refractivity (Wildman–Crippen MR) is 321 cm³/mol. The quantitative estimate of drug-likeness (QED) is 0.0177. The molecule has 13 atom stereocenters. The summed E-state index contributed by atoms with van der Waals surface area (Å²) in [5.41, 5.74) is 7.33. The molecule has 4 aromatic rings. The monoisotopic (exact) mass is 1300 g/mol. The third kappa shape index (κ3) is 18.7.